The molecule has 13 heteroatoms. The van der Waals surface area contributed by atoms with Crippen LogP contribution in [0, 0.1) is 18.2 Å². The van der Waals surface area contributed by atoms with E-state index in [1.54, 1.807) is 18.2 Å². The van der Waals surface area contributed by atoms with E-state index >= 15 is 4.39 Å². The van der Waals surface area contributed by atoms with Gasteiger partial charge in [-0.3, -0.25) is 0 Å². The number of aromatic hydroxyl groups is 1. The summed E-state index contributed by atoms with van der Waals surface area (Å²) < 4.78 is 33.2. The van der Waals surface area contributed by atoms with Gasteiger partial charge in [0.1, 0.15) is 35.1 Å². The van der Waals surface area contributed by atoms with Gasteiger partial charge in [0, 0.05) is 56.8 Å². The molecular weight excluding hydrogens is 868 g/mol. The Morgan fingerprint density at radius 1 is 1.06 bits per heavy atom. The van der Waals surface area contributed by atoms with Crippen LogP contribution in [0.3, 0.4) is 0 Å². The Balaban J connectivity index is 0.00000450. The number of halogens is 1. The van der Waals surface area contributed by atoms with E-state index in [1.165, 1.54) is 6.07 Å². The molecule has 3 fully saturated rings. The van der Waals surface area contributed by atoms with Crippen molar-refractivity contribution < 1.29 is 48.6 Å². The number of piperazine rings is 1. The van der Waals surface area contributed by atoms with Crippen LogP contribution in [0.15, 0.2) is 42.6 Å². The number of hydrogen-bond acceptors (Lipinski definition) is 9. The van der Waals surface area contributed by atoms with Gasteiger partial charge in [0.2, 0.25) is 0 Å². The molecule has 3 aromatic carbocycles. The van der Waals surface area contributed by atoms with Gasteiger partial charge in [0.05, 0.1) is 24.2 Å². The number of amides is 1. The summed E-state index contributed by atoms with van der Waals surface area (Å²) in [5, 5.41) is 22.2. The number of likely N-dealkylation sites (tertiary alicyclic amines) is 1. The molecule has 2 unspecified atom stereocenters. The Morgan fingerprint density at radius 2 is 1.83 bits per heavy atom. The van der Waals surface area contributed by atoms with Crippen molar-refractivity contribution in [3.63, 3.8) is 0 Å². The number of phenols is 1. The molecule has 1 N–H and O–H groups in total. The molecule has 2 saturated heterocycles. The van der Waals surface area contributed by atoms with Crippen LogP contribution in [0.1, 0.15) is 68.2 Å². The zero-order valence-electron chi connectivity index (χ0n) is 30.7. The third-order valence-corrected chi connectivity index (χ3v) is 10.4. The van der Waals surface area contributed by atoms with Crippen molar-refractivity contribution in [1.29, 1.82) is 0 Å². The molecule has 2 aromatic heterocycles. The minimum Gasteiger partial charge on any atom is -0.581 e. The average Bonchev–Trinajstić information content (AvgIpc) is 3.51. The number of rotatable bonds is 10. The van der Waals surface area contributed by atoms with Crippen LogP contribution >= 0.6 is 0 Å². The number of carbonyl (C=O) groups excluding carboxylic acids is 1. The first-order valence-corrected chi connectivity index (χ1v) is 18.1. The second-order valence-electron chi connectivity index (χ2n) is 15.2. The quantitative estimate of drug-likeness (QED) is 0.123. The first kappa shape index (κ1) is 37.6. The molecule has 1 aliphatic carbocycles. The Labute approximate surface area is 326 Å². The second kappa shape index (κ2) is 14.8. The summed E-state index contributed by atoms with van der Waals surface area (Å²) >= 11 is 0. The molecule has 2 aliphatic heterocycles. The monoisotopic (exact) mass is 910 g/mol. The van der Waals surface area contributed by atoms with E-state index in [1.807, 2.05) is 45.0 Å². The number of aryl methyl sites for hydroxylation is 1. The Morgan fingerprint density at radius 3 is 2.50 bits per heavy atom. The summed E-state index contributed by atoms with van der Waals surface area (Å²) in [7, 11) is 1.59. The third-order valence-electron chi connectivity index (χ3n) is 10.4. The Hall–Kier alpha value is -4.76. The molecule has 3 aliphatic rings. The number of carbonyl (C=O) groups is 1. The van der Waals surface area contributed by atoms with Crippen LogP contribution in [0.25, 0.3) is 32.9 Å². The molecule has 8 rings (SSSR count). The molecular formula is C41H42FIrN6O5-. The summed E-state index contributed by atoms with van der Waals surface area (Å²) in [5.41, 5.74) is 4.38. The van der Waals surface area contributed by atoms with Crippen LogP contribution < -0.4 is 14.7 Å². The van der Waals surface area contributed by atoms with E-state index < -0.39 is 11.4 Å². The van der Waals surface area contributed by atoms with Gasteiger partial charge in [-0.05, 0) is 111 Å². The van der Waals surface area contributed by atoms with Gasteiger partial charge >= 0.3 is 12.1 Å². The molecule has 5 aromatic rings. The van der Waals surface area contributed by atoms with Gasteiger partial charge in [-0.1, -0.05) is 18.1 Å². The van der Waals surface area contributed by atoms with Gasteiger partial charge in [-0.15, -0.1) is 6.42 Å². The summed E-state index contributed by atoms with van der Waals surface area (Å²) in [6, 6.07) is 11.2. The summed E-state index contributed by atoms with van der Waals surface area (Å²) in [6.45, 7) is 7.14. The van der Waals surface area contributed by atoms with Crippen LogP contribution in [0.5, 0.6) is 11.8 Å². The minimum atomic E-state index is -0.597. The Bertz CT molecular complexity index is 2260. The van der Waals surface area contributed by atoms with Crippen molar-refractivity contribution in [2.75, 3.05) is 38.3 Å². The number of phenolic OH excluding ortho intramolecular Hbond substituents is 1. The molecule has 4 heterocycles. The van der Waals surface area contributed by atoms with Gasteiger partial charge < -0.3 is 39.3 Å². The molecule has 2 atom stereocenters. The van der Waals surface area contributed by atoms with Crippen molar-refractivity contribution in [2.24, 2.45) is 0 Å². The van der Waals surface area contributed by atoms with E-state index in [4.69, 9.17) is 30.6 Å². The second-order valence-corrected chi connectivity index (χ2v) is 15.2. The molecule has 54 heavy (non-hydrogen) atoms. The first-order valence-electron chi connectivity index (χ1n) is 18.1. The summed E-state index contributed by atoms with van der Waals surface area (Å²) in [4.78, 5) is 26.8. The molecule has 0 spiro atoms. The SMILES string of the molecule is C#Cc1ccc(CCc2c(F)cc3n[n-]cc3c2-c2c(C3CC3)cc3c(N4CC5CC4CN5C(=O)OC(C)(C)C)nc(OCCOC)nc3c2O)cc1.[Ir]. The zero-order chi connectivity index (χ0) is 37.0. The van der Waals surface area contributed by atoms with Crippen molar-refractivity contribution in [3.05, 3.63) is 70.7 Å². The van der Waals surface area contributed by atoms with E-state index in [0.717, 1.165) is 36.0 Å². The van der Waals surface area contributed by atoms with E-state index in [-0.39, 0.29) is 62.6 Å². The fourth-order valence-electron chi connectivity index (χ4n) is 7.81. The van der Waals surface area contributed by atoms with Crippen molar-refractivity contribution >= 4 is 33.7 Å². The number of hydrogen-bond donors (Lipinski definition) is 1. The molecule has 11 nitrogen and oxygen atoms in total. The minimum absolute atomic E-state index is 0. The van der Waals surface area contributed by atoms with Crippen molar-refractivity contribution in [3.8, 4) is 35.2 Å². The fourth-order valence-corrected chi connectivity index (χ4v) is 7.81. The van der Waals surface area contributed by atoms with E-state index in [0.29, 0.717) is 76.9 Å². The molecule has 2 bridgehead atoms. The number of nitrogens with zero attached hydrogens (tertiary/aromatic N) is 6. The van der Waals surface area contributed by atoms with Crippen LogP contribution in [0.4, 0.5) is 15.0 Å². The van der Waals surface area contributed by atoms with Crippen molar-refractivity contribution in [1.82, 2.24) is 25.1 Å². The predicted octanol–water partition coefficient (Wildman–Crippen LogP) is 6.51. The molecule has 1 amide bonds. The van der Waals surface area contributed by atoms with Gasteiger partial charge in [0.15, 0.2) is 0 Å². The topological polar surface area (TPSA) is 124 Å². The molecule has 1 radical (unpaired) electrons. The van der Waals surface area contributed by atoms with E-state index in [2.05, 4.69) is 27.1 Å². The third kappa shape index (κ3) is 7.10. The summed E-state index contributed by atoms with van der Waals surface area (Å²) in [5.74, 6) is 2.93. The first-order chi connectivity index (χ1) is 25.5. The maximum atomic E-state index is 16.3. The van der Waals surface area contributed by atoms with Gasteiger partial charge in [-0.25, -0.2) is 9.18 Å². The fraction of sp³-hybridized carbons (Fsp3) is 0.415. The maximum Gasteiger partial charge on any atom is 0.410 e. The maximum absolute atomic E-state index is 16.3. The number of terminal acetylenes is 1. The van der Waals surface area contributed by atoms with E-state index in [9.17, 15) is 9.90 Å². The number of benzene rings is 3. The van der Waals surface area contributed by atoms with Gasteiger partial charge in [-0.2, -0.15) is 16.2 Å². The van der Waals surface area contributed by atoms with Crippen LogP contribution in [-0.2, 0) is 42.4 Å². The number of aromatic nitrogens is 4. The average molecular weight is 910 g/mol. The zero-order valence-corrected chi connectivity index (χ0v) is 33.1. The van der Waals surface area contributed by atoms with Crippen molar-refractivity contribution in [2.45, 2.75) is 76.5 Å². The Kier molecular flexibility index (Phi) is 10.3. The number of fused-ring (bicyclic) bond motifs is 4. The number of ether oxygens (including phenoxy) is 3. The number of anilines is 1. The van der Waals surface area contributed by atoms with Gasteiger partial charge in [0.25, 0.3) is 0 Å². The van der Waals surface area contributed by atoms with Crippen LogP contribution in [0.2, 0.25) is 0 Å². The normalized spacial score (nSPS) is 17.9. The van der Waals surface area contributed by atoms with Crippen LogP contribution in [-0.4, -0.2) is 82.3 Å². The number of methoxy groups -OCH3 is 1. The predicted molar refractivity (Wildman–Crippen MR) is 199 cm³/mol. The molecule has 1 saturated carbocycles. The standard InChI is InChI=1S/C41H42FN6O5.Ir/c1-6-23-7-9-24(10-8-23)11-14-28-32(42)19-33-31(20-43-46-33)34(28)35-29(25-12-13-25)18-30-36(37(35)49)44-39(52-16-15-51-5)45-38(30)47-21-27-17-26(47)22-48(27)40(50)53-41(2,3)4;/h1,7-10,18-20,25-27H,11-17,21-22H2,2-5H3,(H-,43,44,45,46,49);/q-1;. The smallest absolute Gasteiger partial charge is 0.410 e. The largest absolute Gasteiger partial charge is 0.581 e. The molecule has 283 valence electrons. The summed E-state index contributed by atoms with van der Waals surface area (Å²) in [6.07, 6.45) is 10.4.